The lowest BCUT2D eigenvalue weighted by atomic mass is 9.91. The van der Waals surface area contributed by atoms with Gasteiger partial charge >= 0.3 is 0 Å². The molecule has 0 spiro atoms. The van der Waals surface area contributed by atoms with Crippen LogP contribution in [-0.4, -0.2) is 22.4 Å². The summed E-state index contributed by atoms with van der Waals surface area (Å²) in [5.74, 6) is 0.868. The van der Waals surface area contributed by atoms with Gasteiger partial charge < -0.3 is 14.9 Å². The van der Waals surface area contributed by atoms with E-state index in [1.165, 1.54) is 6.42 Å². The number of hydrogen-bond acceptors (Lipinski definition) is 4. The summed E-state index contributed by atoms with van der Waals surface area (Å²) >= 11 is 0. The van der Waals surface area contributed by atoms with E-state index in [1.807, 2.05) is 13.8 Å². The first-order valence-electron chi connectivity index (χ1n) is 6.46. The van der Waals surface area contributed by atoms with E-state index in [0.717, 1.165) is 36.3 Å². The van der Waals surface area contributed by atoms with Crippen LogP contribution in [0.4, 0.5) is 0 Å². The van der Waals surface area contributed by atoms with Crippen LogP contribution in [0.5, 0.6) is 0 Å². The van der Waals surface area contributed by atoms with E-state index in [9.17, 15) is 5.11 Å². The molecule has 0 amide bonds. The van der Waals surface area contributed by atoms with Gasteiger partial charge in [0.25, 0.3) is 0 Å². The summed E-state index contributed by atoms with van der Waals surface area (Å²) in [5.41, 5.74) is 2.07. The van der Waals surface area contributed by atoms with Crippen molar-refractivity contribution in [2.75, 3.05) is 0 Å². The van der Waals surface area contributed by atoms with E-state index in [4.69, 9.17) is 4.52 Å². The second-order valence-corrected chi connectivity index (χ2v) is 5.08. The van der Waals surface area contributed by atoms with Crippen LogP contribution in [0.2, 0.25) is 0 Å². The van der Waals surface area contributed by atoms with Gasteiger partial charge in [-0.1, -0.05) is 18.0 Å². The molecule has 1 heterocycles. The van der Waals surface area contributed by atoms with Crippen molar-refractivity contribution in [2.45, 2.75) is 64.6 Å². The number of aromatic nitrogens is 1. The minimum absolute atomic E-state index is 0.180. The SMILES string of the molecule is Cc1noc(C)c1C(C)N[C@@H]1CCCC[C@H]1O. The number of nitrogens with one attached hydrogen (secondary N) is 1. The molecule has 1 unspecified atom stereocenters. The molecule has 1 aromatic heterocycles. The zero-order chi connectivity index (χ0) is 12.4. The number of aryl methyl sites for hydroxylation is 2. The highest BCUT2D eigenvalue weighted by atomic mass is 16.5. The highest BCUT2D eigenvalue weighted by Crippen LogP contribution is 2.25. The second kappa shape index (κ2) is 5.19. The molecule has 17 heavy (non-hydrogen) atoms. The standard InChI is InChI=1S/C13H22N2O2/c1-8(13-9(2)15-17-10(13)3)14-11-6-4-5-7-12(11)16/h8,11-12,14,16H,4-7H2,1-3H3/t8?,11-,12-/m1/s1. The van der Waals surface area contributed by atoms with Crippen LogP contribution in [-0.2, 0) is 0 Å². The van der Waals surface area contributed by atoms with Gasteiger partial charge in [-0.3, -0.25) is 0 Å². The molecule has 1 aromatic rings. The second-order valence-electron chi connectivity index (χ2n) is 5.08. The van der Waals surface area contributed by atoms with Crippen molar-refractivity contribution in [3.63, 3.8) is 0 Å². The summed E-state index contributed by atoms with van der Waals surface area (Å²) in [6, 6.07) is 0.381. The fourth-order valence-corrected chi connectivity index (χ4v) is 2.82. The number of aliphatic hydroxyl groups excluding tert-OH is 1. The first-order chi connectivity index (χ1) is 8.09. The number of aliphatic hydroxyl groups is 1. The highest BCUT2D eigenvalue weighted by Gasteiger charge is 2.26. The first kappa shape index (κ1) is 12.6. The molecule has 0 radical (unpaired) electrons. The van der Waals surface area contributed by atoms with Gasteiger partial charge in [-0.05, 0) is 33.6 Å². The molecule has 0 saturated heterocycles. The van der Waals surface area contributed by atoms with E-state index in [1.54, 1.807) is 0 Å². The first-order valence-corrected chi connectivity index (χ1v) is 6.46. The minimum Gasteiger partial charge on any atom is -0.392 e. The Morgan fingerprint density at radius 3 is 2.65 bits per heavy atom. The molecule has 2 N–H and O–H groups in total. The topological polar surface area (TPSA) is 58.3 Å². The van der Waals surface area contributed by atoms with Crippen molar-refractivity contribution in [1.29, 1.82) is 0 Å². The maximum absolute atomic E-state index is 9.95. The number of rotatable bonds is 3. The summed E-state index contributed by atoms with van der Waals surface area (Å²) in [6.07, 6.45) is 4.08. The lowest BCUT2D eigenvalue weighted by molar-refractivity contribution is 0.0858. The molecule has 2 rings (SSSR count). The molecule has 1 fully saturated rings. The largest absolute Gasteiger partial charge is 0.392 e. The molecule has 1 aliphatic carbocycles. The third kappa shape index (κ3) is 2.69. The van der Waals surface area contributed by atoms with Crippen molar-refractivity contribution < 1.29 is 9.63 Å². The van der Waals surface area contributed by atoms with Gasteiger partial charge in [-0.25, -0.2) is 0 Å². The lowest BCUT2D eigenvalue weighted by Gasteiger charge is -2.31. The van der Waals surface area contributed by atoms with Crippen LogP contribution in [0.25, 0.3) is 0 Å². The third-order valence-electron chi connectivity index (χ3n) is 3.72. The Morgan fingerprint density at radius 2 is 2.06 bits per heavy atom. The van der Waals surface area contributed by atoms with E-state index >= 15 is 0 Å². The van der Waals surface area contributed by atoms with Crippen LogP contribution in [0.15, 0.2) is 4.52 Å². The summed E-state index contributed by atoms with van der Waals surface area (Å²) in [7, 11) is 0. The van der Waals surface area contributed by atoms with Crippen LogP contribution in [0.1, 0.15) is 55.7 Å². The van der Waals surface area contributed by atoms with E-state index in [2.05, 4.69) is 17.4 Å². The Morgan fingerprint density at radius 1 is 1.35 bits per heavy atom. The summed E-state index contributed by atoms with van der Waals surface area (Å²) in [6.45, 7) is 6.00. The molecule has 0 aliphatic heterocycles. The van der Waals surface area contributed by atoms with Crippen molar-refractivity contribution in [1.82, 2.24) is 10.5 Å². The third-order valence-corrected chi connectivity index (χ3v) is 3.72. The van der Waals surface area contributed by atoms with E-state index in [0.29, 0.717) is 0 Å². The lowest BCUT2D eigenvalue weighted by Crippen LogP contribution is -2.43. The molecule has 3 atom stereocenters. The van der Waals surface area contributed by atoms with E-state index in [-0.39, 0.29) is 18.2 Å². The predicted molar refractivity (Wildman–Crippen MR) is 65.8 cm³/mol. The Hall–Kier alpha value is -0.870. The summed E-state index contributed by atoms with van der Waals surface area (Å²) < 4.78 is 5.18. The van der Waals surface area contributed by atoms with Crippen molar-refractivity contribution in [2.24, 2.45) is 0 Å². The predicted octanol–water partition coefficient (Wildman–Crippen LogP) is 2.25. The van der Waals surface area contributed by atoms with Gasteiger partial charge in [-0.2, -0.15) is 0 Å². The van der Waals surface area contributed by atoms with Crippen LogP contribution in [0, 0.1) is 13.8 Å². The average Bonchev–Trinajstić information content (AvgIpc) is 2.62. The van der Waals surface area contributed by atoms with Gasteiger partial charge in [0, 0.05) is 17.6 Å². The molecule has 0 aromatic carbocycles. The highest BCUT2D eigenvalue weighted by molar-refractivity contribution is 5.24. The van der Waals surface area contributed by atoms with Crippen LogP contribution >= 0.6 is 0 Å². The van der Waals surface area contributed by atoms with Crippen molar-refractivity contribution >= 4 is 0 Å². The molecule has 0 bridgehead atoms. The Kier molecular flexibility index (Phi) is 3.84. The smallest absolute Gasteiger partial charge is 0.138 e. The van der Waals surface area contributed by atoms with Crippen LogP contribution in [0.3, 0.4) is 0 Å². The normalized spacial score (nSPS) is 27.1. The fraction of sp³-hybridized carbons (Fsp3) is 0.769. The van der Waals surface area contributed by atoms with Gasteiger partial charge in [0.05, 0.1) is 11.8 Å². The van der Waals surface area contributed by atoms with E-state index < -0.39 is 0 Å². The Labute approximate surface area is 102 Å². The Bertz CT molecular complexity index is 356. The quantitative estimate of drug-likeness (QED) is 0.848. The minimum atomic E-state index is -0.216. The fourth-order valence-electron chi connectivity index (χ4n) is 2.82. The monoisotopic (exact) mass is 238 g/mol. The molecule has 96 valence electrons. The molecular formula is C13H22N2O2. The number of hydrogen-bond donors (Lipinski definition) is 2. The Balaban J connectivity index is 2.03. The summed E-state index contributed by atoms with van der Waals surface area (Å²) in [4.78, 5) is 0. The molecule has 4 nitrogen and oxygen atoms in total. The van der Waals surface area contributed by atoms with Gasteiger partial charge in [-0.15, -0.1) is 0 Å². The molecular weight excluding hydrogens is 216 g/mol. The molecule has 4 heteroatoms. The van der Waals surface area contributed by atoms with Crippen LogP contribution < -0.4 is 5.32 Å². The average molecular weight is 238 g/mol. The zero-order valence-corrected chi connectivity index (χ0v) is 10.9. The van der Waals surface area contributed by atoms with Gasteiger partial charge in [0.15, 0.2) is 0 Å². The molecule has 1 saturated carbocycles. The summed E-state index contributed by atoms with van der Waals surface area (Å²) in [5, 5.41) is 17.4. The van der Waals surface area contributed by atoms with Crippen molar-refractivity contribution in [3.05, 3.63) is 17.0 Å². The van der Waals surface area contributed by atoms with Gasteiger partial charge in [0.1, 0.15) is 5.76 Å². The zero-order valence-electron chi connectivity index (χ0n) is 10.9. The molecule has 1 aliphatic rings. The maximum Gasteiger partial charge on any atom is 0.138 e. The maximum atomic E-state index is 9.95. The van der Waals surface area contributed by atoms with Gasteiger partial charge in [0.2, 0.25) is 0 Å². The van der Waals surface area contributed by atoms with Crippen molar-refractivity contribution in [3.8, 4) is 0 Å². The number of nitrogens with zero attached hydrogens (tertiary/aromatic N) is 1.